The quantitative estimate of drug-likeness (QED) is 0.470. The molecular weight excluding hydrogens is 427 g/mol. The zero-order chi connectivity index (χ0) is 22.8. The van der Waals surface area contributed by atoms with Gasteiger partial charge in [0.2, 0.25) is 5.96 Å². The lowest BCUT2D eigenvalue weighted by Gasteiger charge is -2.19. The van der Waals surface area contributed by atoms with E-state index < -0.39 is 11.7 Å². The summed E-state index contributed by atoms with van der Waals surface area (Å²) in [6.07, 6.45) is 7.11. The zero-order valence-corrected chi connectivity index (χ0v) is 18.3. The van der Waals surface area contributed by atoms with E-state index >= 15 is 0 Å². The number of nitrogens with one attached hydrogen (secondary N) is 2. The zero-order valence-electron chi connectivity index (χ0n) is 18.3. The van der Waals surface area contributed by atoms with Crippen molar-refractivity contribution >= 4 is 22.7 Å². The number of benzene rings is 1. The van der Waals surface area contributed by atoms with Crippen LogP contribution in [0.2, 0.25) is 0 Å². The molecule has 0 spiro atoms. The van der Waals surface area contributed by atoms with Crippen molar-refractivity contribution in [1.29, 1.82) is 0 Å². The van der Waals surface area contributed by atoms with Crippen LogP contribution in [-0.4, -0.2) is 34.2 Å². The first-order chi connectivity index (χ1) is 16.0. The van der Waals surface area contributed by atoms with Gasteiger partial charge in [-0.2, -0.15) is 13.2 Å². The van der Waals surface area contributed by atoms with Gasteiger partial charge in [0.1, 0.15) is 5.65 Å². The van der Waals surface area contributed by atoms with Crippen molar-refractivity contribution in [2.75, 3.05) is 6.54 Å². The molecule has 0 saturated heterocycles. The number of hydrogen-bond acceptors (Lipinski definition) is 4. The first kappa shape index (κ1) is 21.7. The van der Waals surface area contributed by atoms with Gasteiger partial charge in [-0.15, -0.1) is 0 Å². The average Bonchev–Trinajstić information content (AvgIpc) is 3.07. The summed E-state index contributed by atoms with van der Waals surface area (Å²) in [6, 6.07) is 7.63. The lowest BCUT2D eigenvalue weighted by Crippen LogP contribution is -2.35. The highest BCUT2D eigenvalue weighted by molar-refractivity contribution is 6.15. The minimum atomic E-state index is -4.39. The number of aromatic amines is 1. The van der Waals surface area contributed by atoms with Crippen LogP contribution in [0.3, 0.4) is 0 Å². The maximum atomic E-state index is 13.2. The van der Waals surface area contributed by atoms with Crippen molar-refractivity contribution in [2.45, 2.75) is 57.2 Å². The van der Waals surface area contributed by atoms with E-state index in [0.717, 1.165) is 41.6 Å². The van der Waals surface area contributed by atoms with Crippen molar-refractivity contribution in [1.82, 2.24) is 15.3 Å². The number of fused-ring (bicyclic) bond motifs is 1. The second-order valence-electron chi connectivity index (χ2n) is 8.75. The molecule has 0 unspecified atom stereocenters. The molecule has 3 aromatic rings. The van der Waals surface area contributed by atoms with E-state index in [2.05, 4.69) is 20.3 Å². The number of alkyl halides is 3. The normalized spacial score (nSPS) is 18.0. The van der Waals surface area contributed by atoms with Gasteiger partial charge >= 0.3 is 6.18 Å². The van der Waals surface area contributed by atoms with Crippen LogP contribution >= 0.6 is 0 Å². The SMILES string of the molecule is FC(F)(F)c1cccc(-c2cnc3[nH]cc(C4=NC(NC5CCCCCC5)=NCC4)c3c2)c1. The molecule has 1 aliphatic carbocycles. The van der Waals surface area contributed by atoms with Gasteiger partial charge in [-0.25, -0.2) is 9.98 Å². The summed E-state index contributed by atoms with van der Waals surface area (Å²) in [6.45, 7) is 0.654. The predicted molar refractivity (Wildman–Crippen MR) is 125 cm³/mol. The molecule has 3 heterocycles. The molecule has 33 heavy (non-hydrogen) atoms. The van der Waals surface area contributed by atoms with Crippen molar-refractivity contribution in [3.05, 3.63) is 53.9 Å². The second-order valence-corrected chi connectivity index (χ2v) is 8.75. The summed E-state index contributed by atoms with van der Waals surface area (Å²) in [4.78, 5) is 17.0. The highest BCUT2D eigenvalue weighted by atomic mass is 19.4. The third-order valence-electron chi connectivity index (χ3n) is 6.40. The largest absolute Gasteiger partial charge is 0.416 e. The molecule has 0 amide bonds. The smallest absolute Gasteiger partial charge is 0.352 e. The summed E-state index contributed by atoms with van der Waals surface area (Å²) in [5.41, 5.74) is 2.96. The Morgan fingerprint density at radius 1 is 1.00 bits per heavy atom. The van der Waals surface area contributed by atoms with Crippen LogP contribution < -0.4 is 5.32 Å². The Bertz CT molecular complexity index is 1200. The van der Waals surface area contributed by atoms with Crippen molar-refractivity contribution in [2.24, 2.45) is 9.98 Å². The summed E-state index contributed by atoms with van der Waals surface area (Å²) < 4.78 is 39.5. The van der Waals surface area contributed by atoms with Gasteiger partial charge in [-0.1, -0.05) is 37.8 Å². The Morgan fingerprint density at radius 3 is 2.61 bits per heavy atom. The predicted octanol–water partition coefficient (Wildman–Crippen LogP) is 6.11. The molecule has 1 aliphatic heterocycles. The van der Waals surface area contributed by atoms with Crippen LogP contribution in [0.4, 0.5) is 13.2 Å². The lowest BCUT2D eigenvalue weighted by atomic mass is 10.0. The van der Waals surface area contributed by atoms with Gasteiger partial charge in [0.05, 0.1) is 11.3 Å². The van der Waals surface area contributed by atoms with E-state index in [1.165, 1.54) is 31.7 Å². The standard InChI is InChI=1S/C25H26F3N5/c26-25(27,28)18-7-5-6-16(12-18)17-13-20-21(15-31-23(20)30-14-17)22-10-11-29-24(33-22)32-19-8-3-1-2-4-9-19/h5-7,12-15,19H,1-4,8-11H2,(H,29,32)(H,30,31). The number of aliphatic imine (C=N–C) groups is 2. The first-order valence-electron chi connectivity index (χ1n) is 11.5. The fourth-order valence-electron chi connectivity index (χ4n) is 4.64. The Balaban J connectivity index is 1.44. The second kappa shape index (κ2) is 9.00. The maximum absolute atomic E-state index is 13.2. The van der Waals surface area contributed by atoms with Gasteiger partial charge in [-0.05, 0) is 36.6 Å². The fourth-order valence-corrected chi connectivity index (χ4v) is 4.64. The van der Waals surface area contributed by atoms with E-state index in [0.29, 0.717) is 41.7 Å². The van der Waals surface area contributed by atoms with Crippen LogP contribution in [0.15, 0.2) is 52.7 Å². The Hall–Kier alpha value is -3.16. The molecule has 2 aromatic heterocycles. The Labute approximate surface area is 190 Å². The molecule has 1 aromatic carbocycles. The number of nitrogens with zero attached hydrogens (tertiary/aromatic N) is 3. The highest BCUT2D eigenvalue weighted by Gasteiger charge is 2.30. The maximum Gasteiger partial charge on any atom is 0.416 e. The molecule has 0 atom stereocenters. The van der Waals surface area contributed by atoms with Crippen LogP contribution in [-0.2, 0) is 6.18 Å². The van der Waals surface area contributed by atoms with E-state index in [-0.39, 0.29) is 0 Å². The monoisotopic (exact) mass is 453 g/mol. The molecule has 2 N–H and O–H groups in total. The van der Waals surface area contributed by atoms with Gasteiger partial charge in [0, 0.05) is 47.9 Å². The topological polar surface area (TPSA) is 65.4 Å². The summed E-state index contributed by atoms with van der Waals surface area (Å²) in [5.74, 6) is 0.680. The molecule has 1 fully saturated rings. The van der Waals surface area contributed by atoms with Crippen LogP contribution in [0.1, 0.15) is 56.1 Å². The molecule has 5 rings (SSSR count). The minimum Gasteiger partial charge on any atom is -0.352 e. The molecule has 0 bridgehead atoms. The molecule has 2 aliphatic rings. The molecular formula is C25H26F3N5. The van der Waals surface area contributed by atoms with Crippen molar-refractivity contribution in [3.63, 3.8) is 0 Å². The lowest BCUT2D eigenvalue weighted by molar-refractivity contribution is -0.137. The highest BCUT2D eigenvalue weighted by Crippen LogP contribution is 2.33. The van der Waals surface area contributed by atoms with Crippen molar-refractivity contribution < 1.29 is 13.2 Å². The van der Waals surface area contributed by atoms with Gasteiger partial charge < -0.3 is 10.3 Å². The summed E-state index contributed by atoms with van der Waals surface area (Å²) >= 11 is 0. The van der Waals surface area contributed by atoms with Gasteiger partial charge in [0.25, 0.3) is 0 Å². The van der Waals surface area contributed by atoms with E-state index in [9.17, 15) is 13.2 Å². The summed E-state index contributed by atoms with van der Waals surface area (Å²) in [5, 5.41) is 4.37. The van der Waals surface area contributed by atoms with E-state index in [4.69, 9.17) is 4.99 Å². The summed E-state index contributed by atoms with van der Waals surface area (Å²) in [7, 11) is 0. The molecule has 0 radical (unpaired) electrons. The number of H-pyrrole nitrogens is 1. The van der Waals surface area contributed by atoms with Gasteiger partial charge in [-0.3, -0.25) is 4.99 Å². The third-order valence-corrected chi connectivity index (χ3v) is 6.40. The first-order valence-corrected chi connectivity index (χ1v) is 11.5. The molecule has 5 nitrogen and oxygen atoms in total. The fraction of sp³-hybridized carbons (Fsp3) is 0.400. The number of halogens is 3. The number of guanidine groups is 1. The molecule has 1 saturated carbocycles. The van der Waals surface area contributed by atoms with Crippen LogP contribution in [0, 0.1) is 0 Å². The number of hydrogen-bond donors (Lipinski definition) is 2. The van der Waals surface area contributed by atoms with Crippen LogP contribution in [0.25, 0.3) is 22.2 Å². The number of pyridine rings is 1. The number of rotatable bonds is 3. The minimum absolute atomic E-state index is 0.409. The third kappa shape index (κ3) is 4.79. The Kier molecular flexibility index (Phi) is 5.91. The van der Waals surface area contributed by atoms with E-state index in [1.54, 1.807) is 12.3 Å². The molecule has 8 heteroatoms. The van der Waals surface area contributed by atoms with Crippen LogP contribution in [0.5, 0.6) is 0 Å². The van der Waals surface area contributed by atoms with E-state index in [1.807, 2.05) is 12.3 Å². The van der Waals surface area contributed by atoms with Crippen molar-refractivity contribution in [3.8, 4) is 11.1 Å². The number of aromatic nitrogens is 2. The van der Waals surface area contributed by atoms with Gasteiger partial charge in [0.15, 0.2) is 0 Å². The average molecular weight is 454 g/mol. The molecule has 172 valence electrons. The Morgan fingerprint density at radius 2 is 1.82 bits per heavy atom.